The average Bonchev–Trinajstić information content (AvgIpc) is 3.33. The van der Waals surface area contributed by atoms with E-state index in [9.17, 15) is 14.0 Å². The van der Waals surface area contributed by atoms with Crippen molar-refractivity contribution >= 4 is 63.6 Å². The number of amides is 1. The van der Waals surface area contributed by atoms with Crippen molar-refractivity contribution in [2.24, 2.45) is 0 Å². The summed E-state index contributed by atoms with van der Waals surface area (Å²) in [5.74, 6) is -0.913. The summed E-state index contributed by atoms with van der Waals surface area (Å²) in [5, 5.41) is 4.53. The second-order valence-corrected chi connectivity index (χ2v) is 11.3. The number of hydrogen-bond acceptors (Lipinski definition) is 10. The molecule has 36 heavy (non-hydrogen) atoms. The number of pyridine rings is 2. The molecule has 184 valence electrons. The van der Waals surface area contributed by atoms with Crippen LogP contribution >= 0.6 is 46.6 Å². The van der Waals surface area contributed by atoms with Crippen LogP contribution in [0.2, 0.25) is 0 Å². The lowest BCUT2D eigenvalue weighted by atomic mass is 10.3. The first-order chi connectivity index (χ1) is 17.5. The molecule has 0 atom stereocenters. The molecule has 1 aromatic carbocycles. The van der Waals surface area contributed by atoms with Crippen LogP contribution in [-0.4, -0.2) is 39.2 Å². The largest absolute Gasteiger partial charge is 0.465 e. The highest BCUT2D eigenvalue weighted by atomic mass is 32.2. The zero-order valence-electron chi connectivity index (χ0n) is 18.8. The molecule has 4 rings (SSSR count). The summed E-state index contributed by atoms with van der Waals surface area (Å²) >= 11 is 5.20. The molecular weight excluding hydrogens is 540 g/mol. The number of carbonyl (C=O) groups is 2. The molecule has 0 unspecified atom stereocenters. The summed E-state index contributed by atoms with van der Waals surface area (Å²) in [5.41, 5.74) is 0.209. The van der Waals surface area contributed by atoms with Crippen molar-refractivity contribution < 1.29 is 18.7 Å². The van der Waals surface area contributed by atoms with Crippen molar-refractivity contribution in [3.63, 3.8) is 0 Å². The third-order valence-electron chi connectivity index (χ3n) is 4.28. The number of esters is 1. The maximum Gasteiger partial charge on any atom is 0.316 e. The number of aromatic nitrogens is 3. The van der Waals surface area contributed by atoms with Crippen LogP contribution in [0.3, 0.4) is 0 Å². The lowest BCUT2D eigenvalue weighted by molar-refractivity contribution is -0.139. The van der Waals surface area contributed by atoms with Gasteiger partial charge in [0.05, 0.1) is 22.8 Å². The molecule has 0 saturated carbocycles. The fourth-order valence-corrected chi connectivity index (χ4v) is 6.06. The van der Waals surface area contributed by atoms with Crippen molar-refractivity contribution in [3.8, 4) is 0 Å². The van der Waals surface area contributed by atoms with E-state index in [1.807, 2.05) is 30.3 Å². The van der Waals surface area contributed by atoms with Gasteiger partial charge in [0.1, 0.15) is 21.6 Å². The summed E-state index contributed by atoms with van der Waals surface area (Å²) in [7, 11) is 0. The molecule has 0 aliphatic carbocycles. The van der Waals surface area contributed by atoms with Crippen LogP contribution in [0, 0.1) is 5.82 Å². The Labute approximate surface area is 223 Å². The van der Waals surface area contributed by atoms with E-state index in [1.54, 1.807) is 31.5 Å². The van der Waals surface area contributed by atoms with Gasteiger partial charge in [0.2, 0.25) is 0 Å². The minimum atomic E-state index is -0.431. The number of nitrogens with one attached hydrogen (secondary N) is 1. The van der Waals surface area contributed by atoms with Crippen molar-refractivity contribution in [2.75, 3.05) is 17.7 Å². The molecule has 0 aliphatic rings. The molecule has 3 heterocycles. The first kappa shape index (κ1) is 26.1. The minimum Gasteiger partial charge on any atom is -0.465 e. The number of halogens is 1. The van der Waals surface area contributed by atoms with Crippen LogP contribution in [0.5, 0.6) is 0 Å². The molecule has 0 aliphatic heterocycles. The standard InChI is InChI=1S/C24H19FN4O3S4/c1-2-32-20(30)14-33-21-13-27-24(36-21)29-23(31)22-17(34-16-8-6-15(25)7-9-16)10-11-19(28-22)35-18-5-3-4-12-26-18/h3-13H,2,14H2,1H3,(H,27,29,31). The maximum absolute atomic E-state index is 13.3. The van der Waals surface area contributed by atoms with E-state index >= 15 is 0 Å². The molecule has 0 radical (unpaired) electrons. The summed E-state index contributed by atoms with van der Waals surface area (Å²) in [6.07, 6.45) is 3.29. The van der Waals surface area contributed by atoms with E-state index in [4.69, 9.17) is 4.74 Å². The normalized spacial score (nSPS) is 10.7. The molecule has 1 amide bonds. The van der Waals surface area contributed by atoms with Crippen LogP contribution in [0.25, 0.3) is 0 Å². The van der Waals surface area contributed by atoms with E-state index in [0.717, 1.165) is 14.1 Å². The minimum absolute atomic E-state index is 0.163. The fourth-order valence-electron chi connectivity index (χ4n) is 2.75. The molecule has 7 nitrogen and oxygen atoms in total. The van der Waals surface area contributed by atoms with Crippen molar-refractivity contribution in [1.29, 1.82) is 0 Å². The Morgan fingerprint density at radius 2 is 1.86 bits per heavy atom. The van der Waals surface area contributed by atoms with E-state index in [-0.39, 0.29) is 23.2 Å². The third kappa shape index (κ3) is 7.53. The molecule has 1 N–H and O–H groups in total. The summed E-state index contributed by atoms with van der Waals surface area (Å²) < 4.78 is 19.0. The average molecular weight is 559 g/mol. The predicted octanol–water partition coefficient (Wildman–Crippen LogP) is 6.28. The topological polar surface area (TPSA) is 94.1 Å². The number of anilines is 1. The summed E-state index contributed by atoms with van der Waals surface area (Å²) in [6.45, 7) is 2.08. The van der Waals surface area contributed by atoms with E-state index < -0.39 is 5.91 Å². The van der Waals surface area contributed by atoms with Gasteiger partial charge >= 0.3 is 5.97 Å². The Bertz CT molecular complexity index is 1340. The second-order valence-electron chi connectivity index (χ2n) is 6.85. The molecule has 12 heteroatoms. The number of thiazole rings is 1. The number of carbonyl (C=O) groups excluding carboxylic acids is 2. The highest BCUT2D eigenvalue weighted by molar-refractivity contribution is 8.01. The van der Waals surface area contributed by atoms with Gasteiger partial charge in [-0.25, -0.2) is 19.3 Å². The molecule has 3 aromatic heterocycles. The lowest BCUT2D eigenvalue weighted by Gasteiger charge is -2.10. The Morgan fingerprint density at radius 1 is 1.03 bits per heavy atom. The smallest absolute Gasteiger partial charge is 0.316 e. The number of nitrogens with zero attached hydrogens (tertiary/aromatic N) is 3. The molecule has 0 spiro atoms. The van der Waals surface area contributed by atoms with Crippen LogP contribution in [0.15, 0.2) is 91.0 Å². The zero-order chi connectivity index (χ0) is 25.3. The Balaban J connectivity index is 1.53. The third-order valence-corrected chi connectivity index (χ3v) is 8.30. The highest BCUT2D eigenvalue weighted by Gasteiger charge is 2.18. The van der Waals surface area contributed by atoms with Gasteiger partial charge in [0, 0.05) is 16.0 Å². The fraction of sp³-hybridized carbons (Fsp3) is 0.125. The molecule has 0 fully saturated rings. The number of ether oxygens (including phenoxy) is 1. The maximum atomic E-state index is 13.3. The van der Waals surface area contributed by atoms with Gasteiger partial charge in [-0.15, -0.1) is 11.8 Å². The number of benzene rings is 1. The van der Waals surface area contributed by atoms with Crippen LogP contribution in [-0.2, 0) is 9.53 Å². The van der Waals surface area contributed by atoms with Gasteiger partial charge in [0.15, 0.2) is 5.13 Å². The molecule has 4 aromatic rings. The Kier molecular flexibility index (Phi) is 9.34. The highest BCUT2D eigenvalue weighted by Crippen LogP contribution is 2.34. The van der Waals surface area contributed by atoms with Gasteiger partial charge in [-0.05, 0) is 55.5 Å². The Morgan fingerprint density at radius 3 is 2.61 bits per heavy atom. The van der Waals surface area contributed by atoms with Gasteiger partial charge in [0.25, 0.3) is 5.91 Å². The second kappa shape index (κ2) is 12.9. The van der Waals surface area contributed by atoms with Gasteiger partial charge in [-0.1, -0.05) is 40.9 Å². The van der Waals surface area contributed by atoms with Crippen LogP contribution in [0.4, 0.5) is 9.52 Å². The molecule has 0 saturated heterocycles. The van der Waals surface area contributed by atoms with Gasteiger partial charge in [-0.3, -0.25) is 14.9 Å². The van der Waals surface area contributed by atoms with Gasteiger partial charge in [-0.2, -0.15) is 0 Å². The number of hydrogen-bond donors (Lipinski definition) is 1. The molecular formula is C24H19FN4O3S4. The number of rotatable bonds is 10. The lowest BCUT2D eigenvalue weighted by Crippen LogP contribution is -2.15. The van der Waals surface area contributed by atoms with E-state index in [1.165, 1.54) is 58.8 Å². The van der Waals surface area contributed by atoms with Crippen molar-refractivity contribution in [1.82, 2.24) is 15.0 Å². The van der Waals surface area contributed by atoms with Gasteiger partial charge < -0.3 is 4.74 Å². The van der Waals surface area contributed by atoms with Crippen molar-refractivity contribution in [3.05, 3.63) is 78.5 Å². The zero-order valence-corrected chi connectivity index (χ0v) is 22.1. The Hall–Kier alpha value is -2.93. The SMILES string of the molecule is CCOC(=O)CSc1cnc(NC(=O)c2nc(Sc3ccccn3)ccc2Sc2ccc(F)cc2)s1. The quantitative estimate of drug-likeness (QED) is 0.178. The first-order valence-electron chi connectivity index (χ1n) is 10.6. The summed E-state index contributed by atoms with van der Waals surface area (Å²) in [6, 6.07) is 15.2. The van der Waals surface area contributed by atoms with E-state index in [2.05, 4.69) is 20.3 Å². The van der Waals surface area contributed by atoms with Crippen LogP contribution in [0.1, 0.15) is 17.4 Å². The van der Waals surface area contributed by atoms with Crippen molar-refractivity contribution in [2.45, 2.75) is 31.0 Å². The predicted molar refractivity (Wildman–Crippen MR) is 141 cm³/mol. The first-order valence-corrected chi connectivity index (χ1v) is 14.0. The van der Waals surface area contributed by atoms with E-state index in [0.29, 0.717) is 21.7 Å². The van der Waals surface area contributed by atoms with Crippen LogP contribution < -0.4 is 5.32 Å². The number of thioether (sulfide) groups is 1. The summed E-state index contributed by atoms with van der Waals surface area (Å²) in [4.78, 5) is 39.4. The molecule has 0 bridgehead atoms. The monoisotopic (exact) mass is 558 g/mol.